The molecule has 0 radical (unpaired) electrons. The zero-order valence-corrected chi connectivity index (χ0v) is 9.11. The molecule has 0 aliphatic heterocycles. The zero-order valence-electron chi connectivity index (χ0n) is 9.11. The highest BCUT2D eigenvalue weighted by molar-refractivity contribution is 5.90. The van der Waals surface area contributed by atoms with Crippen LogP contribution < -0.4 is 5.32 Å². The van der Waals surface area contributed by atoms with Gasteiger partial charge in [-0.15, -0.1) is 0 Å². The summed E-state index contributed by atoms with van der Waals surface area (Å²) in [5, 5.41) is 9.03. The Kier molecular flexibility index (Phi) is 3.49. The minimum Gasteiger partial charge on any atom is -0.323 e. The van der Waals surface area contributed by atoms with Crippen LogP contribution in [0.25, 0.3) is 0 Å². The molecule has 88 valence electrons. The smallest absolute Gasteiger partial charge is 0.224 e. The number of benzene rings is 1. The predicted octanol–water partition coefficient (Wildman–Crippen LogP) is 2.12. The van der Waals surface area contributed by atoms with Gasteiger partial charge in [0.15, 0.2) is 0 Å². The summed E-state index contributed by atoms with van der Waals surface area (Å²) in [6.45, 7) is 0. The lowest BCUT2D eigenvalue weighted by molar-refractivity contribution is -0.116. The number of amides is 1. The van der Waals surface area contributed by atoms with Gasteiger partial charge < -0.3 is 5.32 Å². The summed E-state index contributed by atoms with van der Waals surface area (Å²) in [5.41, 5.74) is 1.59. The van der Waals surface area contributed by atoms with Crippen molar-refractivity contribution in [2.45, 2.75) is 12.8 Å². The second-order valence-electron chi connectivity index (χ2n) is 3.66. The van der Waals surface area contributed by atoms with E-state index >= 15 is 0 Å². The van der Waals surface area contributed by atoms with Crippen molar-refractivity contribution in [1.82, 2.24) is 10.2 Å². The Balaban J connectivity index is 1.82. The van der Waals surface area contributed by atoms with Gasteiger partial charge in [-0.05, 0) is 24.1 Å². The Morgan fingerprint density at radius 2 is 2.12 bits per heavy atom. The van der Waals surface area contributed by atoms with Gasteiger partial charge in [0, 0.05) is 12.6 Å². The van der Waals surface area contributed by atoms with E-state index in [9.17, 15) is 9.18 Å². The molecule has 2 N–H and O–H groups in total. The van der Waals surface area contributed by atoms with Crippen LogP contribution in [0.3, 0.4) is 0 Å². The van der Waals surface area contributed by atoms with E-state index in [0.29, 0.717) is 18.5 Å². The molecule has 17 heavy (non-hydrogen) atoms. The van der Waals surface area contributed by atoms with Gasteiger partial charge >= 0.3 is 0 Å². The number of halogens is 1. The van der Waals surface area contributed by atoms with E-state index in [-0.39, 0.29) is 11.7 Å². The van der Waals surface area contributed by atoms with E-state index < -0.39 is 0 Å². The van der Waals surface area contributed by atoms with E-state index in [2.05, 4.69) is 15.5 Å². The molecule has 1 aromatic heterocycles. The maximum Gasteiger partial charge on any atom is 0.224 e. The van der Waals surface area contributed by atoms with Crippen molar-refractivity contribution >= 4 is 11.6 Å². The van der Waals surface area contributed by atoms with Crippen LogP contribution in [0, 0.1) is 5.82 Å². The van der Waals surface area contributed by atoms with Gasteiger partial charge in [0.25, 0.3) is 0 Å². The third-order valence-corrected chi connectivity index (χ3v) is 2.34. The summed E-state index contributed by atoms with van der Waals surface area (Å²) in [6.07, 6.45) is 4.09. The van der Waals surface area contributed by atoms with E-state index in [4.69, 9.17) is 0 Å². The van der Waals surface area contributed by atoms with Crippen molar-refractivity contribution in [2.75, 3.05) is 5.32 Å². The average molecular weight is 233 g/mol. The highest BCUT2D eigenvalue weighted by Gasteiger charge is 2.03. The van der Waals surface area contributed by atoms with Gasteiger partial charge in [-0.1, -0.05) is 12.1 Å². The number of nitrogens with one attached hydrogen (secondary N) is 2. The first-order valence-corrected chi connectivity index (χ1v) is 5.27. The number of carbonyl (C=O) groups excluding carboxylic acids is 1. The first-order valence-electron chi connectivity index (χ1n) is 5.27. The second-order valence-corrected chi connectivity index (χ2v) is 3.66. The van der Waals surface area contributed by atoms with Crippen LogP contribution in [-0.2, 0) is 11.2 Å². The third-order valence-electron chi connectivity index (χ3n) is 2.34. The summed E-state index contributed by atoms with van der Waals surface area (Å²) in [7, 11) is 0. The van der Waals surface area contributed by atoms with Gasteiger partial charge in [-0.2, -0.15) is 5.10 Å². The van der Waals surface area contributed by atoms with Crippen molar-refractivity contribution in [2.24, 2.45) is 0 Å². The average Bonchev–Trinajstić information content (AvgIpc) is 2.81. The molecule has 0 spiro atoms. The third kappa shape index (κ3) is 3.41. The van der Waals surface area contributed by atoms with Crippen LogP contribution in [0.2, 0.25) is 0 Å². The number of anilines is 1. The molecule has 2 rings (SSSR count). The number of aromatic nitrogens is 2. The maximum absolute atomic E-state index is 12.6. The van der Waals surface area contributed by atoms with Gasteiger partial charge in [-0.25, -0.2) is 4.39 Å². The minimum absolute atomic E-state index is 0.0873. The predicted molar refractivity (Wildman–Crippen MR) is 61.9 cm³/mol. The van der Waals surface area contributed by atoms with Crippen LogP contribution in [0.15, 0.2) is 36.7 Å². The molecule has 0 aliphatic rings. The number of H-pyrrole nitrogens is 1. The van der Waals surface area contributed by atoms with Crippen LogP contribution in [0.5, 0.6) is 0 Å². The van der Waals surface area contributed by atoms with E-state index in [1.54, 1.807) is 18.3 Å². The minimum atomic E-state index is -0.267. The van der Waals surface area contributed by atoms with Crippen LogP contribution in [0.4, 0.5) is 10.1 Å². The molecule has 1 amide bonds. The molecular formula is C12H12FN3O. The summed E-state index contributed by atoms with van der Waals surface area (Å²) >= 11 is 0. The lowest BCUT2D eigenvalue weighted by Crippen LogP contribution is -2.11. The first-order chi connectivity index (χ1) is 8.24. The van der Waals surface area contributed by atoms with E-state index in [1.165, 1.54) is 18.3 Å². The second kappa shape index (κ2) is 5.25. The highest BCUT2D eigenvalue weighted by atomic mass is 19.1. The molecule has 4 nitrogen and oxygen atoms in total. The standard InChI is InChI=1S/C12H12FN3O/c13-10-4-1-9(2-5-10)3-6-12(17)16-11-7-14-15-8-11/h1-2,4-5,7-8H,3,6H2,(H,14,15)(H,16,17). The van der Waals surface area contributed by atoms with Crippen molar-refractivity contribution < 1.29 is 9.18 Å². The molecule has 1 aromatic carbocycles. The molecule has 1 heterocycles. The Bertz CT molecular complexity index is 479. The lowest BCUT2D eigenvalue weighted by Gasteiger charge is -2.02. The molecule has 0 aliphatic carbocycles. The largest absolute Gasteiger partial charge is 0.323 e. The quantitative estimate of drug-likeness (QED) is 0.849. The van der Waals surface area contributed by atoms with Gasteiger partial charge in [0.1, 0.15) is 5.82 Å². The molecule has 0 fully saturated rings. The summed E-state index contributed by atoms with van der Waals surface area (Å²) < 4.78 is 12.6. The number of hydrogen-bond acceptors (Lipinski definition) is 2. The molecule has 0 saturated carbocycles. The normalized spacial score (nSPS) is 10.2. The van der Waals surface area contributed by atoms with Crippen molar-refractivity contribution in [3.63, 3.8) is 0 Å². The van der Waals surface area contributed by atoms with E-state index in [0.717, 1.165) is 5.56 Å². The number of nitrogens with zero attached hydrogens (tertiary/aromatic N) is 1. The molecule has 2 aromatic rings. The van der Waals surface area contributed by atoms with Crippen molar-refractivity contribution in [3.8, 4) is 0 Å². The number of aromatic amines is 1. The number of aryl methyl sites for hydroxylation is 1. The van der Waals surface area contributed by atoms with Crippen molar-refractivity contribution in [3.05, 3.63) is 48.0 Å². The first kappa shape index (κ1) is 11.3. The summed E-state index contributed by atoms with van der Waals surface area (Å²) in [4.78, 5) is 11.5. The van der Waals surface area contributed by atoms with Crippen LogP contribution in [-0.4, -0.2) is 16.1 Å². The molecule has 0 atom stereocenters. The molecular weight excluding hydrogens is 221 g/mol. The SMILES string of the molecule is O=C(CCc1ccc(F)cc1)Nc1cn[nH]c1. The van der Waals surface area contributed by atoms with Gasteiger partial charge in [0.2, 0.25) is 5.91 Å². The van der Waals surface area contributed by atoms with Crippen molar-refractivity contribution in [1.29, 1.82) is 0 Å². The zero-order chi connectivity index (χ0) is 12.1. The molecule has 0 bridgehead atoms. The van der Waals surface area contributed by atoms with Gasteiger partial charge in [-0.3, -0.25) is 9.89 Å². The van der Waals surface area contributed by atoms with Gasteiger partial charge in [0.05, 0.1) is 11.9 Å². The van der Waals surface area contributed by atoms with Crippen LogP contribution in [0.1, 0.15) is 12.0 Å². The topological polar surface area (TPSA) is 57.8 Å². The Hall–Kier alpha value is -2.17. The van der Waals surface area contributed by atoms with E-state index in [1.807, 2.05) is 0 Å². The van der Waals surface area contributed by atoms with Crippen LogP contribution >= 0.6 is 0 Å². The fraction of sp³-hybridized carbons (Fsp3) is 0.167. The molecule has 0 unspecified atom stereocenters. The number of rotatable bonds is 4. The molecule has 5 heteroatoms. The number of carbonyl (C=O) groups is 1. The monoisotopic (exact) mass is 233 g/mol. The Labute approximate surface area is 97.9 Å². The molecule has 0 saturated heterocycles. The Morgan fingerprint density at radius 3 is 2.76 bits per heavy atom. The summed E-state index contributed by atoms with van der Waals surface area (Å²) in [6, 6.07) is 6.15. The highest BCUT2D eigenvalue weighted by Crippen LogP contribution is 2.07. The maximum atomic E-state index is 12.6. The fourth-order valence-electron chi connectivity index (χ4n) is 1.45. The number of hydrogen-bond donors (Lipinski definition) is 2. The Morgan fingerprint density at radius 1 is 1.35 bits per heavy atom. The fourth-order valence-corrected chi connectivity index (χ4v) is 1.45. The summed E-state index contributed by atoms with van der Waals surface area (Å²) in [5.74, 6) is -0.354. The lowest BCUT2D eigenvalue weighted by atomic mass is 10.1.